The zero-order chi connectivity index (χ0) is 14.5. The molecule has 0 aliphatic carbocycles. The maximum absolute atomic E-state index is 10.9. The lowest BCUT2D eigenvalue weighted by Gasteiger charge is -2.08. The Bertz CT molecular complexity index is 628. The van der Waals surface area contributed by atoms with Gasteiger partial charge in [0, 0.05) is 29.9 Å². The van der Waals surface area contributed by atoms with Crippen LogP contribution in [-0.4, -0.2) is 14.9 Å². The number of hydrogen-bond acceptors (Lipinski definition) is 5. The fourth-order valence-electron chi connectivity index (χ4n) is 1.93. The summed E-state index contributed by atoms with van der Waals surface area (Å²) >= 11 is 0. The van der Waals surface area contributed by atoms with Gasteiger partial charge in [0.05, 0.1) is 4.92 Å². The van der Waals surface area contributed by atoms with Crippen molar-refractivity contribution in [2.75, 3.05) is 5.32 Å². The molecule has 0 fully saturated rings. The molecule has 0 saturated heterocycles. The number of aromatic nitrogens is 2. The highest BCUT2D eigenvalue weighted by molar-refractivity contribution is 5.44. The highest BCUT2D eigenvalue weighted by Gasteiger charge is 2.12. The number of nitro groups is 1. The van der Waals surface area contributed by atoms with Crippen LogP contribution in [0.2, 0.25) is 0 Å². The highest BCUT2D eigenvalue weighted by Crippen LogP contribution is 2.19. The van der Waals surface area contributed by atoms with Crippen LogP contribution in [0.3, 0.4) is 0 Å². The molecule has 0 aliphatic heterocycles. The maximum atomic E-state index is 10.9. The number of nitrogens with zero attached hydrogens (tertiary/aromatic N) is 3. The summed E-state index contributed by atoms with van der Waals surface area (Å²) in [6.45, 7) is 4.21. The summed E-state index contributed by atoms with van der Waals surface area (Å²) in [6.07, 6.45) is 0.823. The number of hydrogen-bond donors (Lipinski definition) is 1. The van der Waals surface area contributed by atoms with E-state index in [0.717, 1.165) is 12.1 Å². The molecular weight excluding hydrogens is 256 g/mol. The van der Waals surface area contributed by atoms with Crippen molar-refractivity contribution >= 4 is 11.5 Å². The molecule has 1 aromatic carbocycles. The van der Waals surface area contributed by atoms with Gasteiger partial charge in [0.2, 0.25) is 0 Å². The van der Waals surface area contributed by atoms with E-state index < -0.39 is 0 Å². The number of nitro benzene ring substituents is 1. The first-order valence-corrected chi connectivity index (χ1v) is 6.41. The Balaban J connectivity index is 2.17. The fraction of sp³-hybridized carbons (Fsp3) is 0.286. The average Bonchev–Trinajstić information content (AvgIpc) is 2.44. The molecule has 6 nitrogen and oxygen atoms in total. The summed E-state index contributed by atoms with van der Waals surface area (Å²) in [7, 11) is 0. The number of rotatable bonds is 5. The Morgan fingerprint density at radius 2 is 2.05 bits per heavy atom. The lowest BCUT2D eigenvalue weighted by molar-refractivity contribution is -0.385. The average molecular weight is 272 g/mol. The first kappa shape index (κ1) is 13.9. The first-order valence-electron chi connectivity index (χ1n) is 6.41. The minimum atomic E-state index is -0.375. The van der Waals surface area contributed by atoms with Gasteiger partial charge in [-0.25, -0.2) is 9.97 Å². The molecule has 2 rings (SSSR count). The zero-order valence-electron chi connectivity index (χ0n) is 11.5. The summed E-state index contributed by atoms with van der Waals surface area (Å²) in [5, 5.41) is 14.1. The molecule has 0 bridgehead atoms. The number of aryl methyl sites for hydroxylation is 2. The van der Waals surface area contributed by atoms with Crippen molar-refractivity contribution in [2.45, 2.75) is 26.8 Å². The Morgan fingerprint density at radius 3 is 2.75 bits per heavy atom. The number of para-hydroxylation sites is 1. The molecule has 104 valence electrons. The molecular formula is C14H16N4O2. The van der Waals surface area contributed by atoms with Gasteiger partial charge >= 0.3 is 0 Å². The SMILES string of the molecule is CCc1cc(NCc2ccccc2[N+](=O)[O-])nc(C)n1. The predicted octanol–water partition coefficient (Wildman–Crippen LogP) is 2.87. The molecule has 0 amide bonds. The quantitative estimate of drug-likeness (QED) is 0.668. The molecule has 0 atom stereocenters. The fourth-order valence-corrected chi connectivity index (χ4v) is 1.93. The van der Waals surface area contributed by atoms with E-state index in [1.165, 1.54) is 6.07 Å². The van der Waals surface area contributed by atoms with E-state index in [-0.39, 0.29) is 10.6 Å². The molecule has 1 N–H and O–H groups in total. The van der Waals surface area contributed by atoms with Crippen molar-refractivity contribution in [3.63, 3.8) is 0 Å². The Hall–Kier alpha value is -2.50. The Morgan fingerprint density at radius 1 is 1.30 bits per heavy atom. The minimum absolute atomic E-state index is 0.112. The van der Waals surface area contributed by atoms with Gasteiger partial charge in [0.15, 0.2) is 0 Å². The van der Waals surface area contributed by atoms with Gasteiger partial charge in [0.25, 0.3) is 5.69 Å². The molecule has 0 aliphatic rings. The van der Waals surface area contributed by atoms with Crippen molar-refractivity contribution in [2.24, 2.45) is 0 Å². The van der Waals surface area contributed by atoms with Crippen molar-refractivity contribution in [1.29, 1.82) is 0 Å². The summed E-state index contributed by atoms with van der Waals surface area (Å²) in [4.78, 5) is 19.1. The molecule has 0 saturated carbocycles. The monoisotopic (exact) mass is 272 g/mol. The van der Waals surface area contributed by atoms with Crippen molar-refractivity contribution in [1.82, 2.24) is 9.97 Å². The molecule has 1 heterocycles. The Kier molecular flexibility index (Phi) is 4.24. The second kappa shape index (κ2) is 6.10. The van der Waals surface area contributed by atoms with E-state index in [1.54, 1.807) is 18.2 Å². The van der Waals surface area contributed by atoms with E-state index >= 15 is 0 Å². The van der Waals surface area contributed by atoms with Gasteiger partial charge in [-0.15, -0.1) is 0 Å². The lowest BCUT2D eigenvalue weighted by atomic mass is 10.2. The zero-order valence-corrected chi connectivity index (χ0v) is 11.5. The molecule has 2 aromatic rings. The van der Waals surface area contributed by atoms with Crippen molar-refractivity contribution in [3.05, 3.63) is 57.5 Å². The normalized spacial score (nSPS) is 10.3. The van der Waals surface area contributed by atoms with E-state index in [2.05, 4.69) is 15.3 Å². The van der Waals surface area contributed by atoms with Crippen LogP contribution >= 0.6 is 0 Å². The third-order valence-electron chi connectivity index (χ3n) is 2.90. The molecule has 0 spiro atoms. The third-order valence-corrected chi connectivity index (χ3v) is 2.90. The van der Waals surface area contributed by atoms with Gasteiger partial charge in [0.1, 0.15) is 11.6 Å². The van der Waals surface area contributed by atoms with Crippen LogP contribution < -0.4 is 5.32 Å². The van der Waals surface area contributed by atoms with Gasteiger partial charge in [-0.3, -0.25) is 10.1 Å². The summed E-state index contributed by atoms with van der Waals surface area (Å²) in [5.41, 5.74) is 1.69. The van der Waals surface area contributed by atoms with Crippen LogP contribution in [0.4, 0.5) is 11.5 Å². The van der Waals surface area contributed by atoms with Crippen LogP contribution in [0.5, 0.6) is 0 Å². The van der Waals surface area contributed by atoms with E-state index in [1.807, 2.05) is 19.9 Å². The van der Waals surface area contributed by atoms with Crippen LogP contribution in [0.1, 0.15) is 24.0 Å². The van der Waals surface area contributed by atoms with Gasteiger partial charge < -0.3 is 5.32 Å². The predicted molar refractivity (Wildman–Crippen MR) is 76.6 cm³/mol. The van der Waals surface area contributed by atoms with E-state index in [9.17, 15) is 10.1 Å². The number of benzene rings is 1. The first-order chi connectivity index (χ1) is 9.60. The number of anilines is 1. The van der Waals surface area contributed by atoms with Gasteiger partial charge in [-0.2, -0.15) is 0 Å². The largest absolute Gasteiger partial charge is 0.366 e. The summed E-state index contributed by atoms with van der Waals surface area (Å²) < 4.78 is 0. The highest BCUT2D eigenvalue weighted by atomic mass is 16.6. The topological polar surface area (TPSA) is 81.0 Å². The maximum Gasteiger partial charge on any atom is 0.274 e. The van der Waals surface area contributed by atoms with Gasteiger partial charge in [-0.05, 0) is 13.3 Å². The molecule has 1 aromatic heterocycles. The minimum Gasteiger partial charge on any atom is -0.366 e. The standard InChI is InChI=1S/C14H16N4O2/c1-3-12-8-14(17-10(2)16-12)15-9-11-6-4-5-7-13(11)18(19)20/h4-8H,3,9H2,1-2H3,(H,15,16,17). The van der Waals surface area contributed by atoms with Crippen LogP contribution in [0, 0.1) is 17.0 Å². The molecule has 0 unspecified atom stereocenters. The smallest absolute Gasteiger partial charge is 0.274 e. The van der Waals surface area contributed by atoms with Crippen molar-refractivity contribution in [3.8, 4) is 0 Å². The second-order valence-corrected chi connectivity index (χ2v) is 4.38. The van der Waals surface area contributed by atoms with Crippen LogP contribution in [0.15, 0.2) is 30.3 Å². The lowest BCUT2D eigenvalue weighted by Crippen LogP contribution is -2.06. The van der Waals surface area contributed by atoms with E-state index in [4.69, 9.17) is 0 Å². The second-order valence-electron chi connectivity index (χ2n) is 4.38. The number of nitrogens with one attached hydrogen (secondary N) is 1. The van der Waals surface area contributed by atoms with Crippen LogP contribution in [0.25, 0.3) is 0 Å². The third kappa shape index (κ3) is 3.28. The van der Waals surface area contributed by atoms with Gasteiger partial charge in [-0.1, -0.05) is 25.1 Å². The molecule has 20 heavy (non-hydrogen) atoms. The molecule has 0 radical (unpaired) electrons. The molecule has 6 heteroatoms. The summed E-state index contributed by atoms with van der Waals surface area (Å²) in [6, 6.07) is 8.54. The Labute approximate surface area is 117 Å². The van der Waals surface area contributed by atoms with Crippen molar-refractivity contribution < 1.29 is 4.92 Å². The summed E-state index contributed by atoms with van der Waals surface area (Å²) in [5.74, 6) is 1.38. The van der Waals surface area contributed by atoms with E-state index in [0.29, 0.717) is 23.8 Å². The van der Waals surface area contributed by atoms with Crippen LogP contribution in [-0.2, 0) is 13.0 Å².